The zero-order valence-electron chi connectivity index (χ0n) is 19.3. The third kappa shape index (κ3) is 4.21. The van der Waals surface area contributed by atoms with Gasteiger partial charge in [-0.05, 0) is 65.7 Å². The van der Waals surface area contributed by atoms with E-state index in [9.17, 15) is 14.7 Å². The predicted octanol–water partition coefficient (Wildman–Crippen LogP) is 6.29. The number of hydrogen-bond acceptors (Lipinski definition) is 5. The molecule has 1 unspecified atom stereocenters. The number of rotatable bonds is 5. The van der Waals surface area contributed by atoms with Crippen LogP contribution in [0.1, 0.15) is 34.5 Å². The number of para-hydroxylation sites is 1. The highest BCUT2D eigenvalue weighted by atomic mass is 79.9. The number of nitrogens with one attached hydrogen (secondary N) is 1. The van der Waals surface area contributed by atoms with Crippen molar-refractivity contribution >= 4 is 49.5 Å². The molecule has 0 bridgehead atoms. The van der Waals surface area contributed by atoms with Gasteiger partial charge in [-0.2, -0.15) is 5.10 Å². The van der Waals surface area contributed by atoms with Gasteiger partial charge in [-0.15, -0.1) is 0 Å². The number of carboxylic acids is 1. The molecule has 0 amide bonds. The molecule has 2 heterocycles. The van der Waals surface area contributed by atoms with E-state index in [1.165, 1.54) is 6.07 Å². The van der Waals surface area contributed by atoms with Gasteiger partial charge in [-0.25, -0.2) is 4.79 Å². The number of aromatic carboxylic acids is 1. The number of aryl methyl sites for hydroxylation is 2. The van der Waals surface area contributed by atoms with E-state index >= 15 is 0 Å². The summed E-state index contributed by atoms with van der Waals surface area (Å²) in [6.07, 6.45) is 1.91. The molecule has 176 valence electrons. The SMILES string of the molecule is Cc1cc(C(C)Nc2ccccc2C(=O)O)c2oc(-c3cc(Br)c4nn(C)cc4c3)cc(=O)c2c1. The van der Waals surface area contributed by atoms with Crippen LogP contribution >= 0.6 is 15.9 Å². The summed E-state index contributed by atoms with van der Waals surface area (Å²) in [4.78, 5) is 24.8. The Morgan fingerprint density at radius 2 is 1.94 bits per heavy atom. The van der Waals surface area contributed by atoms with Gasteiger partial charge in [0.1, 0.15) is 16.9 Å². The van der Waals surface area contributed by atoms with Gasteiger partial charge < -0.3 is 14.8 Å². The molecule has 7 nitrogen and oxygen atoms in total. The second kappa shape index (κ2) is 8.70. The molecule has 0 spiro atoms. The maximum absolute atomic E-state index is 13.2. The Kier molecular flexibility index (Phi) is 5.68. The van der Waals surface area contributed by atoms with Gasteiger partial charge in [-0.3, -0.25) is 9.48 Å². The summed E-state index contributed by atoms with van der Waals surface area (Å²) in [6.45, 7) is 3.83. The highest BCUT2D eigenvalue weighted by Gasteiger charge is 2.19. The van der Waals surface area contributed by atoms with E-state index in [4.69, 9.17) is 4.42 Å². The van der Waals surface area contributed by atoms with Gasteiger partial charge in [0, 0.05) is 46.0 Å². The summed E-state index contributed by atoms with van der Waals surface area (Å²) >= 11 is 3.58. The van der Waals surface area contributed by atoms with E-state index in [1.807, 2.05) is 51.4 Å². The highest BCUT2D eigenvalue weighted by Crippen LogP contribution is 2.34. The topological polar surface area (TPSA) is 97.4 Å². The fourth-order valence-electron chi connectivity index (χ4n) is 4.36. The number of aromatic nitrogens is 2. The standard InChI is InChI=1S/C27H22BrN3O4/c1-14-8-19(15(2)29-22-7-5-4-6-18(22)27(33)34)26-20(9-14)23(32)12-24(35-26)16-10-17-13-31(3)30-25(17)21(28)11-16/h4-13,15,29H,1-3H3,(H,33,34). The molecular formula is C27H22BrN3O4. The molecule has 5 aromatic rings. The molecule has 0 aliphatic carbocycles. The first-order chi connectivity index (χ1) is 16.7. The predicted molar refractivity (Wildman–Crippen MR) is 140 cm³/mol. The normalized spacial score (nSPS) is 12.2. The number of fused-ring (bicyclic) bond motifs is 2. The molecule has 0 saturated carbocycles. The summed E-state index contributed by atoms with van der Waals surface area (Å²) in [5.41, 5.74) is 4.23. The summed E-state index contributed by atoms with van der Waals surface area (Å²) in [5, 5.41) is 18.7. The molecule has 2 aromatic heterocycles. The van der Waals surface area contributed by atoms with Crippen molar-refractivity contribution in [2.24, 2.45) is 7.05 Å². The quantitative estimate of drug-likeness (QED) is 0.276. The van der Waals surface area contributed by atoms with E-state index in [1.54, 1.807) is 28.9 Å². The third-order valence-electron chi connectivity index (χ3n) is 5.96. The number of nitrogens with zero attached hydrogens (tertiary/aromatic N) is 2. The molecule has 5 rings (SSSR count). The zero-order chi connectivity index (χ0) is 24.9. The molecule has 0 aliphatic heterocycles. The average Bonchev–Trinajstić information content (AvgIpc) is 3.20. The summed E-state index contributed by atoms with van der Waals surface area (Å²) in [6, 6.07) is 15.5. The molecule has 2 N–H and O–H groups in total. The van der Waals surface area contributed by atoms with Crippen LogP contribution in [-0.4, -0.2) is 20.9 Å². The fourth-order valence-corrected chi connectivity index (χ4v) is 4.91. The fraction of sp³-hybridized carbons (Fsp3) is 0.148. The van der Waals surface area contributed by atoms with Crippen molar-refractivity contribution in [3.8, 4) is 11.3 Å². The van der Waals surface area contributed by atoms with Crippen molar-refractivity contribution < 1.29 is 14.3 Å². The molecule has 8 heteroatoms. The van der Waals surface area contributed by atoms with E-state index in [0.29, 0.717) is 22.4 Å². The van der Waals surface area contributed by atoms with Crippen molar-refractivity contribution in [1.29, 1.82) is 0 Å². The maximum Gasteiger partial charge on any atom is 0.337 e. The van der Waals surface area contributed by atoms with Crippen LogP contribution in [0.25, 0.3) is 33.2 Å². The Morgan fingerprint density at radius 3 is 2.71 bits per heavy atom. The van der Waals surface area contributed by atoms with E-state index in [2.05, 4.69) is 26.3 Å². The number of carbonyl (C=O) groups is 1. The first-order valence-electron chi connectivity index (χ1n) is 11.0. The summed E-state index contributed by atoms with van der Waals surface area (Å²) in [5.74, 6) is -0.572. The Bertz CT molecular complexity index is 1690. The lowest BCUT2D eigenvalue weighted by Gasteiger charge is -2.19. The lowest BCUT2D eigenvalue weighted by atomic mass is 10.00. The van der Waals surface area contributed by atoms with Crippen LogP contribution < -0.4 is 10.7 Å². The Labute approximate surface area is 209 Å². The van der Waals surface area contributed by atoms with Gasteiger partial charge in [-0.1, -0.05) is 18.2 Å². The van der Waals surface area contributed by atoms with E-state index in [0.717, 1.165) is 32.1 Å². The first-order valence-corrected chi connectivity index (χ1v) is 11.8. The molecular weight excluding hydrogens is 510 g/mol. The monoisotopic (exact) mass is 531 g/mol. The molecule has 0 radical (unpaired) electrons. The number of anilines is 1. The molecule has 0 fully saturated rings. The minimum atomic E-state index is -1.01. The molecule has 1 atom stereocenters. The number of halogens is 1. The lowest BCUT2D eigenvalue weighted by molar-refractivity contribution is 0.0698. The summed E-state index contributed by atoms with van der Waals surface area (Å²) in [7, 11) is 1.85. The van der Waals surface area contributed by atoms with Crippen molar-refractivity contribution in [3.63, 3.8) is 0 Å². The van der Waals surface area contributed by atoms with E-state index < -0.39 is 5.97 Å². The summed E-state index contributed by atoms with van der Waals surface area (Å²) < 4.78 is 8.90. The van der Waals surface area contributed by atoms with Gasteiger partial charge in [0.15, 0.2) is 5.43 Å². The van der Waals surface area contributed by atoms with Crippen molar-refractivity contribution in [2.45, 2.75) is 19.9 Å². The van der Waals surface area contributed by atoms with E-state index in [-0.39, 0.29) is 17.0 Å². The number of hydrogen-bond donors (Lipinski definition) is 2. The van der Waals surface area contributed by atoms with Crippen LogP contribution in [0.2, 0.25) is 0 Å². The molecule has 0 saturated heterocycles. The minimum Gasteiger partial charge on any atom is -0.478 e. The zero-order valence-corrected chi connectivity index (χ0v) is 20.9. The van der Waals surface area contributed by atoms with Crippen LogP contribution in [0.4, 0.5) is 5.69 Å². The van der Waals surface area contributed by atoms with Crippen LogP contribution in [0.5, 0.6) is 0 Å². The van der Waals surface area contributed by atoms with Crippen molar-refractivity contribution in [2.75, 3.05) is 5.32 Å². The van der Waals surface area contributed by atoms with Crippen LogP contribution in [-0.2, 0) is 7.05 Å². The largest absolute Gasteiger partial charge is 0.478 e. The number of benzene rings is 3. The number of carboxylic acid groups (broad SMARTS) is 1. The molecule has 3 aromatic carbocycles. The molecule has 0 aliphatic rings. The van der Waals surface area contributed by atoms with Crippen LogP contribution in [0.3, 0.4) is 0 Å². The second-order valence-electron chi connectivity index (χ2n) is 8.62. The maximum atomic E-state index is 13.2. The third-order valence-corrected chi connectivity index (χ3v) is 6.56. The minimum absolute atomic E-state index is 0.147. The van der Waals surface area contributed by atoms with Gasteiger partial charge in [0.2, 0.25) is 0 Å². The Morgan fingerprint density at radius 1 is 1.17 bits per heavy atom. The van der Waals surface area contributed by atoms with Gasteiger partial charge in [0.25, 0.3) is 0 Å². The van der Waals surface area contributed by atoms with Crippen molar-refractivity contribution in [3.05, 3.63) is 92.2 Å². The smallest absolute Gasteiger partial charge is 0.337 e. The Balaban J connectivity index is 1.66. The lowest BCUT2D eigenvalue weighted by Crippen LogP contribution is -2.12. The van der Waals surface area contributed by atoms with Crippen LogP contribution in [0.15, 0.2) is 74.5 Å². The first kappa shape index (κ1) is 22.9. The Hall–Kier alpha value is -3.91. The van der Waals surface area contributed by atoms with Crippen LogP contribution in [0, 0.1) is 6.92 Å². The average molecular weight is 532 g/mol. The second-order valence-corrected chi connectivity index (χ2v) is 9.48. The molecule has 35 heavy (non-hydrogen) atoms. The highest BCUT2D eigenvalue weighted by molar-refractivity contribution is 9.10. The van der Waals surface area contributed by atoms with Gasteiger partial charge in [0.05, 0.1) is 17.0 Å². The van der Waals surface area contributed by atoms with Crippen molar-refractivity contribution in [1.82, 2.24) is 9.78 Å². The van der Waals surface area contributed by atoms with Gasteiger partial charge >= 0.3 is 5.97 Å².